The van der Waals surface area contributed by atoms with Crippen molar-refractivity contribution in [2.24, 2.45) is 0 Å². The number of nitrogens with one attached hydrogen (secondary N) is 1. The van der Waals surface area contributed by atoms with Crippen molar-refractivity contribution in [2.45, 2.75) is 6.54 Å². The molecule has 0 aliphatic heterocycles. The molecule has 0 amide bonds. The molecular weight excluding hydrogens is 279 g/mol. The topological polar surface area (TPSA) is 45.0 Å². The van der Waals surface area contributed by atoms with Gasteiger partial charge in [-0.15, -0.1) is 0 Å². The molecule has 20 heavy (non-hydrogen) atoms. The van der Waals surface area contributed by atoms with E-state index in [0.29, 0.717) is 23.5 Å². The molecular formula is C15H12ClFN2O. The summed E-state index contributed by atoms with van der Waals surface area (Å²) in [4.78, 5) is 0. The van der Waals surface area contributed by atoms with Gasteiger partial charge >= 0.3 is 0 Å². The zero-order valence-electron chi connectivity index (χ0n) is 10.8. The van der Waals surface area contributed by atoms with Crippen LogP contribution in [0.15, 0.2) is 36.4 Å². The second-order valence-corrected chi connectivity index (χ2v) is 4.53. The van der Waals surface area contributed by atoms with Crippen LogP contribution < -0.4 is 10.1 Å². The zero-order valence-corrected chi connectivity index (χ0v) is 11.5. The van der Waals surface area contributed by atoms with Crippen LogP contribution >= 0.6 is 11.6 Å². The minimum atomic E-state index is -0.457. The summed E-state index contributed by atoms with van der Waals surface area (Å²) in [6, 6.07) is 11.7. The fourth-order valence-electron chi connectivity index (χ4n) is 1.79. The van der Waals surface area contributed by atoms with Gasteiger partial charge in [-0.05, 0) is 36.4 Å². The third-order valence-electron chi connectivity index (χ3n) is 2.81. The average Bonchev–Trinajstić information content (AvgIpc) is 2.48. The molecule has 0 aliphatic carbocycles. The largest absolute Gasteiger partial charge is 0.496 e. The van der Waals surface area contributed by atoms with Gasteiger partial charge in [-0.2, -0.15) is 5.26 Å². The van der Waals surface area contributed by atoms with E-state index in [9.17, 15) is 4.39 Å². The Balaban J connectivity index is 2.17. The lowest BCUT2D eigenvalue weighted by atomic mass is 10.1. The van der Waals surface area contributed by atoms with E-state index in [1.54, 1.807) is 31.4 Å². The highest BCUT2D eigenvalue weighted by Gasteiger charge is 2.06. The van der Waals surface area contributed by atoms with Crippen molar-refractivity contribution in [1.29, 1.82) is 5.26 Å². The van der Waals surface area contributed by atoms with Crippen LogP contribution in [0.5, 0.6) is 5.75 Å². The summed E-state index contributed by atoms with van der Waals surface area (Å²) in [5.41, 5.74) is 2.09. The van der Waals surface area contributed by atoms with Gasteiger partial charge in [-0.3, -0.25) is 0 Å². The van der Waals surface area contributed by atoms with E-state index >= 15 is 0 Å². The minimum absolute atomic E-state index is 0.0627. The molecule has 3 nitrogen and oxygen atoms in total. The summed E-state index contributed by atoms with van der Waals surface area (Å²) >= 11 is 5.72. The molecule has 0 aliphatic rings. The van der Waals surface area contributed by atoms with Crippen LogP contribution in [0.1, 0.15) is 11.1 Å². The molecule has 0 aromatic heterocycles. The number of benzene rings is 2. The summed E-state index contributed by atoms with van der Waals surface area (Å²) < 4.78 is 18.3. The first kappa shape index (κ1) is 14.2. The van der Waals surface area contributed by atoms with E-state index in [-0.39, 0.29) is 5.02 Å². The van der Waals surface area contributed by atoms with Crippen molar-refractivity contribution >= 4 is 17.3 Å². The molecule has 2 aromatic rings. The molecule has 2 rings (SSSR count). The maximum Gasteiger partial charge on any atom is 0.141 e. The number of hydrogen-bond acceptors (Lipinski definition) is 3. The van der Waals surface area contributed by atoms with Gasteiger partial charge in [-0.25, -0.2) is 4.39 Å². The van der Waals surface area contributed by atoms with Gasteiger partial charge in [0.15, 0.2) is 0 Å². The van der Waals surface area contributed by atoms with Crippen molar-refractivity contribution in [1.82, 2.24) is 0 Å². The van der Waals surface area contributed by atoms with Gasteiger partial charge in [0, 0.05) is 17.8 Å². The molecule has 0 unspecified atom stereocenters. The third kappa shape index (κ3) is 3.19. The van der Waals surface area contributed by atoms with Crippen molar-refractivity contribution in [3.8, 4) is 11.8 Å². The lowest BCUT2D eigenvalue weighted by molar-refractivity contribution is 0.410. The predicted octanol–water partition coefficient (Wildman–Crippen LogP) is 3.97. The normalized spacial score (nSPS) is 9.90. The fraction of sp³-hybridized carbons (Fsp3) is 0.133. The number of nitrogens with zero attached hydrogens (tertiary/aromatic N) is 1. The van der Waals surface area contributed by atoms with E-state index in [0.717, 1.165) is 5.56 Å². The Kier molecular flexibility index (Phi) is 4.44. The van der Waals surface area contributed by atoms with Crippen molar-refractivity contribution in [3.05, 3.63) is 58.4 Å². The van der Waals surface area contributed by atoms with Crippen molar-refractivity contribution in [2.75, 3.05) is 12.4 Å². The maximum absolute atomic E-state index is 13.1. The van der Waals surface area contributed by atoms with E-state index in [4.69, 9.17) is 21.6 Å². The third-order valence-corrected chi connectivity index (χ3v) is 3.10. The Labute approximate surface area is 121 Å². The summed E-state index contributed by atoms with van der Waals surface area (Å²) in [6.45, 7) is 0.445. The van der Waals surface area contributed by atoms with Crippen LogP contribution in [-0.4, -0.2) is 7.11 Å². The van der Waals surface area contributed by atoms with Gasteiger partial charge in [0.1, 0.15) is 11.6 Å². The minimum Gasteiger partial charge on any atom is -0.496 e. The number of halogens is 2. The Morgan fingerprint density at radius 2 is 2.10 bits per heavy atom. The van der Waals surface area contributed by atoms with Crippen LogP contribution in [0.3, 0.4) is 0 Å². The lowest BCUT2D eigenvalue weighted by Crippen LogP contribution is -2.02. The predicted molar refractivity (Wildman–Crippen MR) is 76.4 cm³/mol. The van der Waals surface area contributed by atoms with Gasteiger partial charge in [0.05, 0.1) is 23.8 Å². The van der Waals surface area contributed by atoms with Gasteiger partial charge in [-0.1, -0.05) is 11.6 Å². The lowest BCUT2D eigenvalue weighted by Gasteiger charge is -2.11. The standard InChI is InChI=1S/C15H12ClFN2O/c1-20-15-5-2-10(8-18)6-11(15)9-19-12-3-4-14(17)13(16)7-12/h2-7,19H,9H2,1H3. The highest BCUT2D eigenvalue weighted by molar-refractivity contribution is 6.31. The van der Waals surface area contributed by atoms with E-state index < -0.39 is 5.82 Å². The molecule has 0 fully saturated rings. The first-order valence-electron chi connectivity index (χ1n) is 5.90. The number of nitriles is 1. The summed E-state index contributed by atoms with van der Waals surface area (Å²) in [7, 11) is 1.57. The second-order valence-electron chi connectivity index (χ2n) is 4.12. The van der Waals surface area contributed by atoms with Crippen LogP contribution in [0, 0.1) is 17.1 Å². The van der Waals surface area contributed by atoms with Crippen LogP contribution in [-0.2, 0) is 6.54 Å². The molecule has 0 heterocycles. The Bertz CT molecular complexity index is 667. The van der Waals surface area contributed by atoms with Crippen LogP contribution in [0.25, 0.3) is 0 Å². The molecule has 0 bridgehead atoms. The maximum atomic E-state index is 13.1. The molecule has 0 saturated carbocycles. The Morgan fingerprint density at radius 3 is 2.75 bits per heavy atom. The number of methoxy groups -OCH3 is 1. The number of hydrogen-bond donors (Lipinski definition) is 1. The highest BCUT2D eigenvalue weighted by Crippen LogP contribution is 2.23. The first-order chi connectivity index (χ1) is 9.63. The summed E-state index contributed by atoms with van der Waals surface area (Å²) in [6.07, 6.45) is 0. The van der Waals surface area contributed by atoms with Gasteiger partial charge < -0.3 is 10.1 Å². The molecule has 1 N–H and O–H groups in total. The Hall–Kier alpha value is -2.25. The van der Waals surface area contributed by atoms with E-state index in [1.165, 1.54) is 12.1 Å². The SMILES string of the molecule is COc1ccc(C#N)cc1CNc1ccc(F)c(Cl)c1. The number of rotatable bonds is 4. The molecule has 0 radical (unpaired) electrons. The van der Waals surface area contributed by atoms with E-state index in [1.807, 2.05) is 0 Å². The summed E-state index contributed by atoms with van der Waals surface area (Å²) in [5.74, 6) is 0.228. The average molecular weight is 291 g/mol. The van der Waals surface area contributed by atoms with Crippen molar-refractivity contribution < 1.29 is 9.13 Å². The summed E-state index contributed by atoms with van der Waals surface area (Å²) in [5, 5.41) is 12.1. The van der Waals surface area contributed by atoms with E-state index in [2.05, 4.69) is 11.4 Å². The fourth-order valence-corrected chi connectivity index (χ4v) is 1.97. The van der Waals surface area contributed by atoms with Crippen molar-refractivity contribution in [3.63, 3.8) is 0 Å². The number of anilines is 1. The van der Waals surface area contributed by atoms with Gasteiger partial charge in [0.2, 0.25) is 0 Å². The smallest absolute Gasteiger partial charge is 0.141 e. The monoisotopic (exact) mass is 290 g/mol. The molecule has 102 valence electrons. The zero-order chi connectivity index (χ0) is 14.5. The Morgan fingerprint density at radius 1 is 1.30 bits per heavy atom. The highest BCUT2D eigenvalue weighted by atomic mass is 35.5. The number of ether oxygens (including phenoxy) is 1. The second kappa shape index (κ2) is 6.27. The molecule has 0 spiro atoms. The molecule has 2 aromatic carbocycles. The molecule has 5 heteroatoms. The van der Waals surface area contributed by atoms with Crippen LogP contribution in [0.4, 0.5) is 10.1 Å². The molecule has 0 saturated heterocycles. The quantitative estimate of drug-likeness (QED) is 0.926. The molecule has 0 atom stereocenters. The van der Waals surface area contributed by atoms with Gasteiger partial charge in [0.25, 0.3) is 0 Å². The first-order valence-corrected chi connectivity index (χ1v) is 6.28. The van der Waals surface area contributed by atoms with Crippen LogP contribution in [0.2, 0.25) is 5.02 Å².